The van der Waals surface area contributed by atoms with Gasteiger partial charge in [0, 0.05) is 18.7 Å². The van der Waals surface area contributed by atoms with Gasteiger partial charge in [-0.2, -0.15) is 0 Å². The van der Waals surface area contributed by atoms with Gasteiger partial charge in [-0.1, -0.05) is 6.07 Å². The summed E-state index contributed by atoms with van der Waals surface area (Å²) < 4.78 is 48.7. The minimum atomic E-state index is -1.01. The second kappa shape index (κ2) is 25.8. The summed E-state index contributed by atoms with van der Waals surface area (Å²) in [6.45, 7) is 8.29. The van der Waals surface area contributed by atoms with Crippen molar-refractivity contribution >= 4 is 29.3 Å². The van der Waals surface area contributed by atoms with Crippen molar-refractivity contribution in [1.29, 1.82) is 0 Å². The van der Waals surface area contributed by atoms with Crippen LogP contribution in [0.3, 0.4) is 0 Å². The van der Waals surface area contributed by atoms with Crippen LogP contribution in [0, 0.1) is 0 Å². The molecule has 2 aliphatic rings. The molecule has 0 aromatic heterocycles. The van der Waals surface area contributed by atoms with Gasteiger partial charge in [-0.25, -0.2) is 0 Å². The van der Waals surface area contributed by atoms with E-state index in [9.17, 15) is 19.2 Å². The molecule has 0 aliphatic carbocycles. The number of aliphatic hydroxyl groups excluding tert-OH is 1. The smallest absolute Gasteiger partial charge is 0.264 e. The van der Waals surface area contributed by atoms with Crippen molar-refractivity contribution in [3.8, 4) is 0 Å². The number of nitrogens with zero attached hydrogens (tertiary/aromatic N) is 1. The van der Waals surface area contributed by atoms with Crippen LogP contribution in [0.15, 0.2) is 18.2 Å². The van der Waals surface area contributed by atoms with Crippen molar-refractivity contribution < 1.29 is 66.9 Å². The van der Waals surface area contributed by atoms with Crippen LogP contribution in [0.2, 0.25) is 0 Å². The first-order chi connectivity index (χ1) is 24.5. The number of benzene rings is 1. The standard InChI is InChI=1S/C33H51N3O14/c37-7-9-43-11-13-45-15-17-47-19-21-49-23-25-50-24-22-48-20-18-46-16-14-44-12-10-42-8-6-34-27-3-1-2-26-30(27)33(41)36(32(26)40)28-4-5-29(38)35-31(28)39/h1-3,28,34,37H,4-25H2,(H,35,38,39). The Balaban J connectivity index is 1.06. The second-order valence-corrected chi connectivity index (χ2v) is 10.8. The number of piperidine rings is 1. The molecule has 0 radical (unpaired) electrons. The van der Waals surface area contributed by atoms with E-state index in [1.165, 1.54) is 0 Å². The predicted molar refractivity (Wildman–Crippen MR) is 176 cm³/mol. The molecule has 1 unspecified atom stereocenters. The van der Waals surface area contributed by atoms with E-state index in [4.69, 9.17) is 47.7 Å². The Morgan fingerprint density at radius 1 is 0.620 bits per heavy atom. The molecule has 1 saturated heterocycles. The van der Waals surface area contributed by atoms with Gasteiger partial charge in [0.1, 0.15) is 6.04 Å². The van der Waals surface area contributed by atoms with Crippen LogP contribution in [0.5, 0.6) is 0 Å². The first-order valence-electron chi connectivity index (χ1n) is 16.9. The molecule has 17 nitrogen and oxygen atoms in total. The van der Waals surface area contributed by atoms with Gasteiger partial charge < -0.3 is 53.1 Å². The van der Waals surface area contributed by atoms with Crippen molar-refractivity contribution in [2.24, 2.45) is 0 Å². The Hall–Kier alpha value is -3.10. The number of anilines is 1. The number of aliphatic hydroxyl groups is 1. The molecule has 0 saturated carbocycles. The molecule has 282 valence electrons. The average Bonchev–Trinajstić information content (AvgIpc) is 3.36. The molecule has 1 atom stereocenters. The fraction of sp³-hybridized carbons (Fsp3) is 0.697. The zero-order valence-electron chi connectivity index (χ0n) is 28.6. The number of rotatable bonds is 31. The molecule has 17 heteroatoms. The molecule has 50 heavy (non-hydrogen) atoms. The van der Waals surface area contributed by atoms with E-state index in [0.29, 0.717) is 131 Å². The van der Waals surface area contributed by atoms with E-state index in [-0.39, 0.29) is 30.6 Å². The molecule has 0 bridgehead atoms. The monoisotopic (exact) mass is 713 g/mol. The molecule has 1 fully saturated rings. The summed E-state index contributed by atoms with van der Waals surface area (Å²) in [5.41, 5.74) is 0.904. The van der Waals surface area contributed by atoms with Crippen molar-refractivity contribution in [3.63, 3.8) is 0 Å². The third-order valence-corrected chi connectivity index (χ3v) is 7.24. The number of amides is 4. The number of hydrogen-bond donors (Lipinski definition) is 3. The molecule has 3 rings (SSSR count). The Bertz CT molecular complexity index is 1160. The predicted octanol–water partition coefficient (Wildman–Crippen LogP) is -0.359. The Morgan fingerprint density at radius 2 is 1.06 bits per heavy atom. The Labute approximate surface area is 292 Å². The van der Waals surface area contributed by atoms with Gasteiger partial charge in [0.25, 0.3) is 11.8 Å². The van der Waals surface area contributed by atoms with Gasteiger partial charge in [0.05, 0.1) is 137 Å². The summed E-state index contributed by atoms with van der Waals surface area (Å²) in [7, 11) is 0. The zero-order valence-corrected chi connectivity index (χ0v) is 28.6. The van der Waals surface area contributed by atoms with E-state index in [1.54, 1.807) is 18.2 Å². The fourth-order valence-corrected chi connectivity index (χ4v) is 4.85. The van der Waals surface area contributed by atoms with E-state index in [1.807, 2.05) is 0 Å². The van der Waals surface area contributed by atoms with Crippen molar-refractivity contribution in [2.75, 3.05) is 137 Å². The minimum absolute atomic E-state index is 0.0114. The van der Waals surface area contributed by atoms with Crippen molar-refractivity contribution in [1.82, 2.24) is 10.2 Å². The van der Waals surface area contributed by atoms with Crippen molar-refractivity contribution in [3.05, 3.63) is 29.3 Å². The van der Waals surface area contributed by atoms with Gasteiger partial charge in [-0.3, -0.25) is 29.4 Å². The van der Waals surface area contributed by atoms with Crippen LogP contribution in [-0.4, -0.2) is 172 Å². The van der Waals surface area contributed by atoms with E-state index in [2.05, 4.69) is 10.6 Å². The fourth-order valence-electron chi connectivity index (χ4n) is 4.85. The van der Waals surface area contributed by atoms with Crippen LogP contribution in [0.4, 0.5) is 5.69 Å². The minimum Gasteiger partial charge on any atom is -0.394 e. The maximum Gasteiger partial charge on any atom is 0.264 e. The zero-order chi connectivity index (χ0) is 35.7. The topological polar surface area (TPSA) is 199 Å². The third kappa shape index (κ3) is 15.4. The molecule has 0 spiro atoms. The summed E-state index contributed by atoms with van der Waals surface area (Å²) in [4.78, 5) is 50.8. The molecule has 1 aromatic carbocycles. The number of imide groups is 2. The molecular weight excluding hydrogens is 662 g/mol. The van der Waals surface area contributed by atoms with Crippen LogP contribution in [0.1, 0.15) is 33.6 Å². The summed E-state index contributed by atoms with van der Waals surface area (Å²) in [6, 6.07) is 3.90. The van der Waals surface area contributed by atoms with Gasteiger partial charge in [-0.05, 0) is 18.6 Å². The maximum atomic E-state index is 13.1. The van der Waals surface area contributed by atoms with E-state index in [0.717, 1.165) is 4.90 Å². The highest BCUT2D eigenvalue weighted by Crippen LogP contribution is 2.32. The summed E-state index contributed by atoms with van der Waals surface area (Å²) >= 11 is 0. The first-order valence-corrected chi connectivity index (χ1v) is 16.9. The molecule has 4 amide bonds. The van der Waals surface area contributed by atoms with Gasteiger partial charge in [0.2, 0.25) is 11.8 Å². The van der Waals surface area contributed by atoms with Crippen molar-refractivity contribution in [2.45, 2.75) is 18.9 Å². The normalized spacial score (nSPS) is 15.9. The molecule has 3 N–H and O–H groups in total. The highest BCUT2D eigenvalue weighted by molar-refractivity contribution is 6.25. The Kier molecular flexibility index (Phi) is 21.3. The highest BCUT2D eigenvalue weighted by atomic mass is 16.6. The van der Waals surface area contributed by atoms with E-state index < -0.39 is 29.7 Å². The van der Waals surface area contributed by atoms with Gasteiger partial charge >= 0.3 is 0 Å². The largest absolute Gasteiger partial charge is 0.394 e. The molecular formula is C33H51N3O14. The lowest BCUT2D eigenvalue weighted by atomic mass is 10.0. The average molecular weight is 714 g/mol. The third-order valence-electron chi connectivity index (χ3n) is 7.24. The SMILES string of the molecule is O=C1CCC(N2C(=O)c3cccc(NCCOCCOCCOCCOCCOCCOCCOCCOCCOCCO)c3C2=O)C(=O)N1. The second-order valence-electron chi connectivity index (χ2n) is 10.8. The maximum absolute atomic E-state index is 13.1. The molecule has 2 aliphatic heterocycles. The van der Waals surface area contributed by atoms with Crippen LogP contribution in [-0.2, 0) is 52.2 Å². The number of carbonyl (C=O) groups excluding carboxylic acids is 4. The number of carbonyl (C=O) groups is 4. The van der Waals surface area contributed by atoms with Gasteiger partial charge in [0.15, 0.2) is 0 Å². The highest BCUT2D eigenvalue weighted by Gasteiger charge is 2.45. The van der Waals surface area contributed by atoms with Crippen LogP contribution < -0.4 is 10.6 Å². The number of hydrogen-bond acceptors (Lipinski definition) is 15. The first kappa shape index (κ1) is 41.3. The molecule has 2 heterocycles. The number of ether oxygens (including phenoxy) is 9. The lowest BCUT2D eigenvalue weighted by Gasteiger charge is -2.27. The summed E-state index contributed by atoms with van der Waals surface area (Å²) in [5, 5.41) is 13.9. The molecule has 1 aromatic rings. The van der Waals surface area contributed by atoms with Crippen LogP contribution in [0.25, 0.3) is 0 Å². The number of fused-ring (bicyclic) bond motifs is 1. The van der Waals surface area contributed by atoms with Crippen LogP contribution >= 0.6 is 0 Å². The quantitative estimate of drug-likeness (QED) is 0.0666. The lowest BCUT2D eigenvalue weighted by molar-refractivity contribution is -0.136. The number of nitrogens with one attached hydrogen (secondary N) is 2. The summed E-state index contributed by atoms with van der Waals surface area (Å²) in [5.74, 6) is -2.17. The summed E-state index contributed by atoms with van der Waals surface area (Å²) in [6.07, 6.45) is 0.169. The van der Waals surface area contributed by atoms with E-state index >= 15 is 0 Å². The Morgan fingerprint density at radius 3 is 1.50 bits per heavy atom. The lowest BCUT2D eigenvalue weighted by Crippen LogP contribution is -2.54. The van der Waals surface area contributed by atoms with Gasteiger partial charge in [-0.15, -0.1) is 0 Å².